The number of hydrogen-bond donors (Lipinski definition) is 4. The van der Waals surface area contributed by atoms with Crippen LogP contribution in [0.3, 0.4) is 0 Å². The van der Waals surface area contributed by atoms with E-state index >= 15 is 0 Å². The molecule has 1 aliphatic rings. The van der Waals surface area contributed by atoms with Crippen molar-refractivity contribution in [2.45, 2.75) is 31.9 Å². The van der Waals surface area contributed by atoms with E-state index in [1.54, 1.807) is 19.2 Å². The van der Waals surface area contributed by atoms with Crippen molar-refractivity contribution in [2.75, 3.05) is 18.8 Å². The first-order valence-electron chi connectivity index (χ1n) is 9.64. The second-order valence-electron chi connectivity index (χ2n) is 7.06. The van der Waals surface area contributed by atoms with Gasteiger partial charge in [0.15, 0.2) is 11.6 Å². The molecule has 1 aromatic carbocycles. The maximum Gasteiger partial charge on any atom is 0.166 e. The van der Waals surface area contributed by atoms with E-state index in [2.05, 4.69) is 15.6 Å². The zero-order valence-corrected chi connectivity index (χ0v) is 18.0. The van der Waals surface area contributed by atoms with Gasteiger partial charge in [0, 0.05) is 46.4 Å². The van der Waals surface area contributed by atoms with Gasteiger partial charge in [-0.05, 0) is 51.1 Å². The Hall–Kier alpha value is -2.35. The van der Waals surface area contributed by atoms with E-state index in [4.69, 9.17) is 39.1 Å². The van der Waals surface area contributed by atoms with E-state index in [9.17, 15) is 4.39 Å². The average Bonchev–Trinajstić information content (AvgIpc) is 2.74. The summed E-state index contributed by atoms with van der Waals surface area (Å²) in [6, 6.07) is 4.68. The topological polar surface area (TPSA) is 96.0 Å². The molecule has 0 radical (unpaired) electrons. The van der Waals surface area contributed by atoms with Gasteiger partial charge in [-0.3, -0.25) is 0 Å². The monoisotopic (exact) mass is 451 g/mol. The molecular weight excluding hydrogens is 428 g/mol. The van der Waals surface area contributed by atoms with E-state index in [0.29, 0.717) is 33.5 Å². The highest BCUT2D eigenvalue weighted by molar-refractivity contribution is 6.36. The molecule has 0 spiro atoms. The number of benzene rings is 1. The fraction of sp³-hybridized carbons (Fsp3) is 0.333. The molecule has 1 fully saturated rings. The van der Waals surface area contributed by atoms with Gasteiger partial charge in [-0.25, -0.2) is 9.37 Å². The first-order chi connectivity index (χ1) is 14.4. The largest absolute Gasteiger partial charge is 0.482 e. The number of nitrogens with zero attached hydrogens (tertiary/aromatic N) is 1. The summed E-state index contributed by atoms with van der Waals surface area (Å²) in [6.45, 7) is 3.64. The lowest BCUT2D eigenvalue weighted by Crippen LogP contribution is -2.37. The number of hydrogen-bond acceptors (Lipinski definition) is 6. The molecule has 6 nitrogen and oxygen atoms in total. The fourth-order valence-corrected chi connectivity index (χ4v) is 3.95. The number of piperidine rings is 1. The van der Waals surface area contributed by atoms with E-state index in [1.807, 2.05) is 6.20 Å². The number of aromatic nitrogens is 1. The number of pyridine rings is 1. The second kappa shape index (κ2) is 10.1. The van der Waals surface area contributed by atoms with E-state index in [0.717, 1.165) is 25.9 Å². The Bertz CT molecular complexity index is 947. The number of nitrogens with two attached hydrogens (primary N) is 1. The first-order valence-corrected chi connectivity index (χ1v) is 10.4. The van der Waals surface area contributed by atoms with Crippen molar-refractivity contribution in [3.8, 4) is 5.75 Å². The Balaban J connectivity index is 1.82. The van der Waals surface area contributed by atoms with Crippen LogP contribution in [0.15, 0.2) is 30.6 Å². The highest BCUT2D eigenvalue weighted by Gasteiger charge is 2.20. The molecule has 30 heavy (non-hydrogen) atoms. The molecule has 0 bridgehead atoms. The molecular formula is C21H24Cl2FN5O. The van der Waals surface area contributed by atoms with Gasteiger partial charge in [0.1, 0.15) is 11.9 Å². The lowest BCUT2D eigenvalue weighted by Gasteiger charge is -2.23. The number of halogens is 3. The van der Waals surface area contributed by atoms with Gasteiger partial charge < -0.3 is 26.5 Å². The van der Waals surface area contributed by atoms with Crippen molar-refractivity contribution in [2.24, 2.45) is 0 Å². The molecule has 9 heteroatoms. The number of nitrogens with one attached hydrogen (secondary N) is 3. The summed E-state index contributed by atoms with van der Waals surface area (Å²) >= 11 is 12.3. The number of nitrogen functional groups attached to an aromatic ring is 1. The summed E-state index contributed by atoms with van der Waals surface area (Å²) in [7, 11) is 0. The molecule has 0 saturated carbocycles. The average molecular weight is 452 g/mol. The third-order valence-electron chi connectivity index (χ3n) is 4.97. The maximum absolute atomic E-state index is 13.9. The molecule has 1 saturated heterocycles. The minimum Gasteiger partial charge on any atom is -0.482 e. The molecule has 5 N–H and O–H groups in total. The minimum atomic E-state index is -0.666. The molecule has 160 valence electrons. The number of allylic oxidation sites excluding steroid dienone is 1. The Labute approximate surface area is 185 Å². The van der Waals surface area contributed by atoms with E-state index in [1.165, 1.54) is 18.3 Å². The Morgan fingerprint density at radius 1 is 1.40 bits per heavy atom. The highest BCUT2D eigenvalue weighted by Crippen LogP contribution is 2.36. The van der Waals surface area contributed by atoms with Crippen molar-refractivity contribution < 1.29 is 9.13 Å². The van der Waals surface area contributed by atoms with Gasteiger partial charge in [0.2, 0.25) is 0 Å². The maximum atomic E-state index is 13.9. The standard InChI is InChI=1S/C21H24Cl2FN5O/c1-12(19-16(22)2-3-17(24)20(19)23)30-18-8-13(10-29-21(18)26)14(9-25)11-28-15-4-6-27-7-5-15/h2-3,8-12,15,25,27-28H,4-7H2,1H3,(H2,26,29)/b14-11+,25-9?. The predicted octanol–water partition coefficient (Wildman–Crippen LogP) is 4.58. The smallest absolute Gasteiger partial charge is 0.166 e. The lowest BCUT2D eigenvalue weighted by atomic mass is 10.1. The zero-order valence-electron chi connectivity index (χ0n) is 16.5. The normalized spacial score (nSPS) is 16.2. The lowest BCUT2D eigenvalue weighted by molar-refractivity contribution is 0.227. The van der Waals surface area contributed by atoms with Crippen molar-refractivity contribution in [3.63, 3.8) is 0 Å². The van der Waals surface area contributed by atoms with Crippen molar-refractivity contribution in [1.29, 1.82) is 5.41 Å². The van der Waals surface area contributed by atoms with Gasteiger partial charge in [-0.15, -0.1) is 0 Å². The van der Waals surface area contributed by atoms with Crippen molar-refractivity contribution in [3.05, 3.63) is 57.6 Å². The SMILES string of the molecule is CC(Oc1cc(/C(C=N)=C/NC2CCNCC2)cnc1N)c1c(Cl)ccc(F)c1Cl. The van der Waals surface area contributed by atoms with E-state index in [-0.39, 0.29) is 10.8 Å². The zero-order chi connectivity index (χ0) is 21.7. The van der Waals surface area contributed by atoms with Gasteiger partial charge >= 0.3 is 0 Å². The van der Waals surface area contributed by atoms with Crippen molar-refractivity contribution >= 4 is 40.8 Å². The predicted molar refractivity (Wildman–Crippen MR) is 120 cm³/mol. The molecule has 1 atom stereocenters. The van der Waals surface area contributed by atoms with Crippen LogP contribution in [-0.2, 0) is 0 Å². The van der Waals surface area contributed by atoms with E-state index < -0.39 is 11.9 Å². The van der Waals surface area contributed by atoms with Gasteiger partial charge in [-0.2, -0.15) is 0 Å². The van der Waals surface area contributed by atoms with Crippen LogP contribution in [0.5, 0.6) is 5.75 Å². The second-order valence-corrected chi connectivity index (χ2v) is 7.84. The number of ether oxygens (including phenoxy) is 1. The van der Waals surface area contributed by atoms with Gasteiger partial charge in [0.25, 0.3) is 0 Å². The van der Waals surface area contributed by atoms with Crippen LogP contribution in [0, 0.1) is 11.2 Å². The third-order valence-corrected chi connectivity index (χ3v) is 5.69. The number of rotatable bonds is 7. The molecule has 1 aromatic heterocycles. The summed E-state index contributed by atoms with van der Waals surface area (Å²) < 4.78 is 19.8. The van der Waals surface area contributed by atoms with Crippen LogP contribution in [-0.4, -0.2) is 30.3 Å². The summed E-state index contributed by atoms with van der Waals surface area (Å²) in [5.74, 6) is -0.111. The van der Waals surface area contributed by atoms with Crippen LogP contribution in [0.1, 0.15) is 37.0 Å². The molecule has 2 aromatic rings. The Kier molecular flexibility index (Phi) is 7.53. The van der Waals surface area contributed by atoms with Crippen LogP contribution in [0.2, 0.25) is 10.0 Å². The molecule has 1 unspecified atom stereocenters. The van der Waals surface area contributed by atoms with Crippen LogP contribution in [0.4, 0.5) is 10.2 Å². The summed E-state index contributed by atoms with van der Waals surface area (Å²) in [4.78, 5) is 4.18. The quantitative estimate of drug-likeness (QED) is 0.364. The molecule has 0 amide bonds. The summed E-state index contributed by atoms with van der Waals surface area (Å²) in [6.07, 6.45) is 6.00. The highest BCUT2D eigenvalue weighted by atomic mass is 35.5. The Morgan fingerprint density at radius 2 is 2.13 bits per heavy atom. The van der Waals surface area contributed by atoms with Gasteiger partial charge in [-0.1, -0.05) is 23.2 Å². The molecule has 0 aliphatic carbocycles. The third kappa shape index (κ3) is 5.22. The number of anilines is 1. The first kappa shape index (κ1) is 22.3. The Morgan fingerprint density at radius 3 is 2.83 bits per heavy atom. The molecule has 2 heterocycles. The molecule has 1 aliphatic heterocycles. The van der Waals surface area contributed by atoms with Crippen LogP contribution in [0.25, 0.3) is 5.57 Å². The summed E-state index contributed by atoms with van der Waals surface area (Å²) in [5, 5.41) is 14.7. The van der Waals surface area contributed by atoms with Crippen LogP contribution < -0.4 is 21.1 Å². The van der Waals surface area contributed by atoms with Crippen LogP contribution >= 0.6 is 23.2 Å². The van der Waals surface area contributed by atoms with Crippen molar-refractivity contribution in [1.82, 2.24) is 15.6 Å². The van der Waals surface area contributed by atoms with Gasteiger partial charge in [0.05, 0.1) is 5.02 Å². The fourth-order valence-electron chi connectivity index (χ4n) is 3.28. The molecule has 3 rings (SSSR count). The summed E-state index contributed by atoms with van der Waals surface area (Å²) in [5.41, 5.74) is 7.62. The minimum absolute atomic E-state index is 0.0936.